The molecule has 1 saturated heterocycles. The van der Waals surface area contributed by atoms with E-state index in [1.807, 2.05) is 0 Å². The lowest BCUT2D eigenvalue weighted by Gasteiger charge is -2.25. The van der Waals surface area contributed by atoms with Crippen molar-refractivity contribution in [2.24, 2.45) is 5.92 Å². The van der Waals surface area contributed by atoms with E-state index in [1.54, 1.807) is 0 Å². The molecule has 0 amide bonds. The summed E-state index contributed by atoms with van der Waals surface area (Å²) in [5.41, 5.74) is 5.24. The molecule has 0 saturated carbocycles. The molecule has 114 valence electrons. The van der Waals surface area contributed by atoms with Gasteiger partial charge in [0.1, 0.15) is 23.7 Å². The lowest BCUT2D eigenvalue weighted by Crippen LogP contribution is -2.42. The molecule has 8 nitrogen and oxygen atoms in total. The second-order valence-electron chi connectivity index (χ2n) is 5.33. The van der Waals surface area contributed by atoms with E-state index in [1.165, 1.54) is 24.1 Å². The van der Waals surface area contributed by atoms with Crippen LogP contribution in [-0.2, 0) is 4.74 Å². The molecule has 1 aliphatic rings. The predicted octanol–water partition coefficient (Wildman–Crippen LogP) is -0.365. The number of rotatable bonds is 3. The highest BCUT2D eigenvalue weighted by Crippen LogP contribution is 2.42. The molecule has 4 N–H and O–H groups in total. The zero-order chi connectivity index (χ0) is 15.2. The van der Waals surface area contributed by atoms with Crippen LogP contribution in [0, 0.1) is 5.92 Å². The van der Waals surface area contributed by atoms with Gasteiger partial charge in [-0.05, 0) is 6.92 Å². The van der Waals surface area contributed by atoms with Gasteiger partial charge in [0.05, 0.1) is 31.6 Å². The molecule has 2 aromatic heterocycles. The third-order valence-corrected chi connectivity index (χ3v) is 3.94. The molecular formula is C12H16FN5O3. The number of aromatic nitrogens is 4. The SMILES string of the molecule is C[C@]1(CO)O[C@H](n2cnc3c(N)ncnc32)[C@@H](CF)[C@@H]1O. The molecule has 9 heteroatoms. The molecule has 3 rings (SSSR count). The topological polar surface area (TPSA) is 119 Å². The smallest absolute Gasteiger partial charge is 0.167 e. The van der Waals surface area contributed by atoms with Gasteiger partial charge in [-0.2, -0.15) is 0 Å². The average molecular weight is 297 g/mol. The van der Waals surface area contributed by atoms with E-state index >= 15 is 0 Å². The molecule has 3 heterocycles. The number of imidazole rings is 1. The van der Waals surface area contributed by atoms with Crippen LogP contribution < -0.4 is 5.73 Å². The maximum atomic E-state index is 13.3. The molecule has 1 aliphatic heterocycles. The summed E-state index contributed by atoms with van der Waals surface area (Å²) in [6, 6.07) is 0. The molecule has 0 unspecified atom stereocenters. The highest BCUT2D eigenvalue weighted by atomic mass is 19.1. The normalized spacial score (nSPS) is 32.9. The zero-order valence-electron chi connectivity index (χ0n) is 11.3. The quantitative estimate of drug-likeness (QED) is 0.707. The van der Waals surface area contributed by atoms with Crippen molar-refractivity contribution in [3.05, 3.63) is 12.7 Å². The minimum absolute atomic E-state index is 0.207. The lowest BCUT2D eigenvalue weighted by atomic mass is 9.92. The second kappa shape index (κ2) is 4.86. The van der Waals surface area contributed by atoms with Crippen molar-refractivity contribution in [3.63, 3.8) is 0 Å². The minimum Gasteiger partial charge on any atom is -0.393 e. The summed E-state index contributed by atoms with van der Waals surface area (Å²) in [4.78, 5) is 12.0. The van der Waals surface area contributed by atoms with Crippen molar-refractivity contribution >= 4 is 17.0 Å². The van der Waals surface area contributed by atoms with Crippen molar-refractivity contribution in [1.29, 1.82) is 0 Å². The number of hydrogen-bond acceptors (Lipinski definition) is 7. The van der Waals surface area contributed by atoms with Crippen molar-refractivity contribution in [1.82, 2.24) is 19.5 Å². The fourth-order valence-electron chi connectivity index (χ4n) is 2.65. The van der Waals surface area contributed by atoms with E-state index in [0.29, 0.717) is 11.2 Å². The maximum absolute atomic E-state index is 13.3. The van der Waals surface area contributed by atoms with Gasteiger partial charge in [0.2, 0.25) is 0 Å². The Labute approximate surface area is 119 Å². The Hall–Kier alpha value is -1.84. The Morgan fingerprint density at radius 2 is 2.24 bits per heavy atom. The maximum Gasteiger partial charge on any atom is 0.167 e. The Morgan fingerprint density at radius 3 is 2.90 bits per heavy atom. The van der Waals surface area contributed by atoms with Crippen molar-refractivity contribution in [2.75, 3.05) is 19.0 Å². The summed E-state index contributed by atoms with van der Waals surface area (Å²) in [5.74, 6) is -0.630. The number of ether oxygens (including phenoxy) is 1. The number of anilines is 1. The van der Waals surface area contributed by atoms with Gasteiger partial charge in [0, 0.05) is 0 Å². The molecule has 1 fully saturated rings. The molecule has 0 aliphatic carbocycles. The number of alkyl halides is 1. The van der Waals surface area contributed by atoms with Gasteiger partial charge in [-0.25, -0.2) is 15.0 Å². The van der Waals surface area contributed by atoms with Gasteiger partial charge >= 0.3 is 0 Å². The van der Waals surface area contributed by atoms with Crippen LogP contribution >= 0.6 is 0 Å². The van der Waals surface area contributed by atoms with Gasteiger partial charge in [0.15, 0.2) is 11.5 Å². The van der Waals surface area contributed by atoms with Gasteiger partial charge in [-0.1, -0.05) is 0 Å². The van der Waals surface area contributed by atoms with Crippen molar-refractivity contribution in [2.45, 2.75) is 24.9 Å². The van der Waals surface area contributed by atoms with Crippen molar-refractivity contribution in [3.8, 4) is 0 Å². The van der Waals surface area contributed by atoms with E-state index in [9.17, 15) is 14.6 Å². The first kappa shape index (κ1) is 14.1. The van der Waals surface area contributed by atoms with Crippen LogP contribution in [0.4, 0.5) is 10.2 Å². The van der Waals surface area contributed by atoms with Gasteiger partial charge in [-0.3, -0.25) is 8.96 Å². The van der Waals surface area contributed by atoms with Crippen LogP contribution in [0.25, 0.3) is 11.2 Å². The Balaban J connectivity index is 2.08. The van der Waals surface area contributed by atoms with Crippen LogP contribution in [0.15, 0.2) is 12.7 Å². The number of hydrogen-bond donors (Lipinski definition) is 3. The Morgan fingerprint density at radius 1 is 1.48 bits per heavy atom. The van der Waals surface area contributed by atoms with Crippen LogP contribution in [0.1, 0.15) is 13.2 Å². The largest absolute Gasteiger partial charge is 0.393 e. The summed E-state index contributed by atoms with van der Waals surface area (Å²) in [6.07, 6.45) is 0.714. The van der Waals surface area contributed by atoms with Gasteiger partial charge < -0.3 is 20.7 Å². The Bertz CT molecular complexity index is 665. The summed E-state index contributed by atoms with van der Waals surface area (Å²) in [6.45, 7) is 0.301. The average Bonchev–Trinajstić information content (AvgIpc) is 3.01. The molecule has 4 atom stereocenters. The highest BCUT2D eigenvalue weighted by Gasteiger charge is 2.52. The molecule has 21 heavy (non-hydrogen) atoms. The first-order valence-corrected chi connectivity index (χ1v) is 6.47. The molecule has 0 spiro atoms. The van der Waals surface area contributed by atoms with Crippen molar-refractivity contribution < 1.29 is 19.3 Å². The van der Waals surface area contributed by atoms with Crippen LogP contribution in [0.5, 0.6) is 0 Å². The number of nitrogens with two attached hydrogens (primary N) is 1. The van der Waals surface area contributed by atoms with Crippen LogP contribution in [0.2, 0.25) is 0 Å². The fraction of sp³-hybridized carbons (Fsp3) is 0.583. The summed E-state index contributed by atoms with van der Waals surface area (Å²) < 4.78 is 20.5. The first-order valence-electron chi connectivity index (χ1n) is 6.47. The summed E-state index contributed by atoms with van der Waals surface area (Å²) in [5, 5.41) is 19.6. The van der Waals surface area contributed by atoms with E-state index < -0.39 is 37.1 Å². The molecular weight excluding hydrogens is 281 g/mol. The molecule has 0 aromatic carbocycles. The number of fused-ring (bicyclic) bond motifs is 1. The van der Waals surface area contributed by atoms with Crippen LogP contribution in [0.3, 0.4) is 0 Å². The van der Waals surface area contributed by atoms with Gasteiger partial charge in [0.25, 0.3) is 0 Å². The summed E-state index contributed by atoms with van der Waals surface area (Å²) >= 11 is 0. The zero-order valence-corrected chi connectivity index (χ0v) is 11.3. The number of nitrogens with zero attached hydrogens (tertiary/aromatic N) is 4. The number of halogens is 1. The van der Waals surface area contributed by atoms with E-state index in [0.717, 1.165) is 0 Å². The molecule has 2 aromatic rings. The molecule has 0 bridgehead atoms. The summed E-state index contributed by atoms with van der Waals surface area (Å²) in [7, 11) is 0. The number of nitrogen functional groups attached to an aromatic ring is 1. The first-order chi connectivity index (χ1) is 10.0. The highest BCUT2D eigenvalue weighted by molar-refractivity contribution is 5.81. The second-order valence-corrected chi connectivity index (χ2v) is 5.33. The van der Waals surface area contributed by atoms with E-state index in [2.05, 4.69) is 15.0 Å². The number of aliphatic hydroxyl groups is 2. The number of aliphatic hydroxyl groups excluding tert-OH is 2. The fourth-order valence-corrected chi connectivity index (χ4v) is 2.65. The standard InChI is InChI=1S/C12H16FN5O3/c1-12(3-19)8(20)6(2-13)11(21-12)18-5-17-7-9(14)15-4-16-10(7)18/h4-6,8,11,19-20H,2-3H2,1H3,(H2,14,15,16)/t6-,8-,11-,12+/m0/s1. The van der Waals surface area contributed by atoms with E-state index in [-0.39, 0.29) is 5.82 Å². The third kappa shape index (κ3) is 1.96. The van der Waals surface area contributed by atoms with E-state index in [4.69, 9.17) is 10.5 Å². The minimum atomic E-state index is -1.24. The lowest BCUT2D eigenvalue weighted by molar-refractivity contribution is -0.115. The van der Waals surface area contributed by atoms with Gasteiger partial charge in [-0.15, -0.1) is 0 Å². The monoisotopic (exact) mass is 297 g/mol. The third-order valence-electron chi connectivity index (χ3n) is 3.94. The van der Waals surface area contributed by atoms with Crippen LogP contribution in [-0.4, -0.2) is 54.7 Å². The predicted molar refractivity (Wildman–Crippen MR) is 70.8 cm³/mol. The molecule has 0 radical (unpaired) electrons. The Kier molecular flexibility index (Phi) is 3.27.